The maximum absolute atomic E-state index is 12.4. The van der Waals surface area contributed by atoms with E-state index in [4.69, 9.17) is 10.5 Å². The van der Waals surface area contributed by atoms with Crippen LogP contribution in [0.4, 0.5) is 0 Å². The van der Waals surface area contributed by atoms with Crippen molar-refractivity contribution in [1.29, 1.82) is 10.5 Å². The number of allylic oxidation sites excluding steroid dienone is 1. The molecule has 6 heteroatoms. The maximum Gasteiger partial charge on any atom is 0.269 e. The summed E-state index contributed by atoms with van der Waals surface area (Å²) in [7, 11) is 0. The molecule has 0 bridgehead atoms. The number of hydrogen-bond donors (Lipinski definition) is 0. The molecule has 0 saturated carbocycles. The molecule has 21 heavy (non-hydrogen) atoms. The Kier molecular flexibility index (Phi) is 4.45. The Labute approximate surface area is 124 Å². The molecule has 2 aromatic rings. The quantitative estimate of drug-likeness (QED) is 0.773. The van der Waals surface area contributed by atoms with Gasteiger partial charge >= 0.3 is 0 Å². The summed E-state index contributed by atoms with van der Waals surface area (Å²) in [5.74, 6) is 0. The Hall–Kier alpha value is -2.96. The minimum Gasteiger partial charge on any atom is -0.293 e. The smallest absolute Gasteiger partial charge is 0.269 e. The van der Waals surface area contributed by atoms with Crippen molar-refractivity contribution in [1.82, 2.24) is 9.55 Å². The van der Waals surface area contributed by atoms with Crippen molar-refractivity contribution < 1.29 is 0 Å². The van der Waals surface area contributed by atoms with E-state index in [-0.39, 0.29) is 17.7 Å². The fraction of sp³-hybridized carbons (Fsp3) is 0.0667. The van der Waals surface area contributed by atoms with Crippen molar-refractivity contribution in [2.75, 3.05) is 0 Å². The van der Waals surface area contributed by atoms with Crippen LogP contribution < -0.4 is 14.8 Å². The number of hydrogen-bond acceptors (Lipinski definition) is 5. The highest BCUT2D eigenvalue weighted by molar-refractivity contribution is 7.07. The highest BCUT2D eigenvalue weighted by Crippen LogP contribution is 1.94. The zero-order chi connectivity index (χ0) is 15.2. The molecule has 0 fully saturated rings. The molecule has 2 aromatic heterocycles. The molecule has 5 nitrogen and oxygen atoms in total. The predicted molar refractivity (Wildman–Crippen MR) is 80.5 cm³/mol. The van der Waals surface area contributed by atoms with Gasteiger partial charge in [0, 0.05) is 12.7 Å². The minimum atomic E-state index is -0.261. The molecule has 0 amide bonds. The third-order valence-electron chi connectivity index (χ3n) is 2.62. The molecule has 2 rings (SSSR count). The second-order valence-corrected chi connectivity index (χ2v) is 5.00. The topological polar surface area (TPSA) is 82.5 Å². The predicted octanol–water partition coefficient (Wildman–Crippen LogP) is 0.517. The van der Waals surface area contributed by atoms with E-state index in [0.29, 0.717) is 14.9 Å². The normalized spacial score (nSPS) is 10.7. The minimum absolute atomic E-state index is 0.0837. The first-order valence-electron chi connectivity index (χ1n) is 5.99. The Bertz CT molecular complexity index is 907. The fourth-order valence-electron chi connectivity index (χ4n) is 1.72. The van der Waals surface area contributed by atoms with E-state index in [1.165, 1.54) is 4.57 Å². The van der Waals surface area contributed by atoms with Crippen LogP contribution in [-0.4, -0.2) is 9.55 Å². The van der Waals surface area contributed by atoms with Crippen LogP contribution in [0.2, 0.25) is 0 Å². The Morgan fingerprint density at radius 2 is 2.19 bits per heavy atom. The lowest BCUT2D eigenvalue weighted by atomic mass is 10.3. The largest absolute Gasteiger partial charge is 0.293 e. The molecular weight excluding hydrogens is 284 g/mol. The summed E-state index contributed by atoms with van der Waals surface area (Å²) in [6.07, 6.45) is 4.82. The summed E-state index contributed by atoms with van der Waals surface area (Å²) in [5.41, 5.74) is 0.298. The van der Waals surface area contributed by atoms with Gasteiger partial charge in [0.15, 0.2) is 5.57 Å². The SMILES string of the molecule is C=CCn1c(=C(C#N)C#N)sc(=Cc2ccccn2)c1=O. The van der Waals surface area contributed by atoms with Gasteiger partial charge in [-0.05, 0) is 18.2 Å². The lowest BCUT2D eigenvalue weighted by molar-refractivity contribution is 0.775. The van der Waals surface area contributed by atoms with Crippen LogP contribution in [0.15, 0.2) is 41.8 Å². The molecule has 0 aliphatic rings. The summed E-state index contributed by atoms with van der Waals surface area (Å²) in [6, 6.07) is 9.00. The molecule has 0 aromatic carbocycles. The highest BCUT2D eigenvalue weighted by Gasteiger charge is 2.08. The van der Waals surface area contributed by atoms with E-state index >= 15 is 0 Å². The lowest BCUT2D eigenvalue weighted by Gasteiger charge is -1.94. The van der Waals surface area contributed by atoms with Crippen molar-refractivity contribution in [3.63, 3.8) is 0 Å². The van der Waals surface area contributed by atoms with Crippen molar-refractivity contribution in [3.05, 3.63) is 62.3 Å². The van der Waals surface area contributed by atoms with Crippen molar-refractivity contribution >= 4 is 23.0 Å². The average molecular weight is 294 g/mol. The van der Waals surface area contributed by atoms with Gasteiger partial charge in [-0.15, -0.1) is 17.9 Å². The van der Waals surface area contributed by atoms with Gasteiger partial charge in [0.05, 0.1) is 10.2 Å². The second-order valence-electron chi connectivity index (χ2n) is 3.97. The van der Waals surface area contributed by atoms with Crippen LogP contribution in [0.25, 0.3) is 11.6 Å². The molecule has 0 spiro atoms. The van der Waals surface area contributed by atoms with E-state index < -0.39 is 0 Å². The molecular formula is C15H10N4OS. The first-order chi connectivity index (χ1) is 10.2. The summed E-state index contributed by atoms with van der Waals surface area (Å²) < 4.78 is 2.13. The van der Waals surface area contributed by atoms with Gasteiger partial charge in [-0.2, -0.15) is 10.5 Å². The molecule has 0 unspecified atom stereocenters. The Balaban J connectivity index is 2.82. The van der Waals surface area contributed by atoms with Crippen molar-refractivity contribution in [2.45, 2.75) is 6.54 Å². The zero-order valence-corrected chi connectivity index (χ0v) is 11.8. The monoisotopic (exact) mass is 294 g/mol. The zero-order valence-electron chi connectivity index (χ0n) is 11.0. The van der Waals surface area contributed by atoms with Crippen LogP contribution in [-0.2, 0) is 6.54 Å². The molecule has 0 radical (unpaired) electrons. The summed E-state index contributed by atoms with van der Waals surface area (Å²) >= 11 is 1.10. The Morgan fingerprint density at radius 3 is 2.76 bits per heavy atom. The third-order valence-corrected chi connectivity index (χ3v) is 3.75. The highest BCUT2D eigenvalue weighted by atomic mass is 32.1. The summed E-state index contributed by atoms with van der Waals surface area (Å²) in [4.78, 5) is 16.5. The van der Waals surface area contributed by atoms with Crippen LogP contribution in [0.1, 0.15) is 5.69 Å². The van der Waals surface area contributed by atoms with Crippen molar-refractivity contribution in [3.8, 4) is 12.1 Å². The van der Waals surface area contributed by atoms with Gasteiger partial charge in [-0.3, -0.25) is 14.3 Å². The summed E-state index contributed by atoms with van der Waals surface area (Å²) in [6.45, 7) is 3.83. The van der Waals surface area contributed by atoms with Gasteiger partial charge < -0.3 is 0 Å². The molecule has 0 saturated heterocycles. The van der Waals surface area contributed by atoms with Gasteiger partial charge in [-0.1, -0.05) is 12.1 Å². The Morgan fingerprint density at radius 1 is 1.43 bits per heavy atom. The first-order valence-corrected chi connectivity index (χ1v) is 6.80. The lowest BCUT2D eigenvalue weighted by Crippen LogP contribution is -2.31. The molecule has 0 aliphatic heterocycles. The van der Waals surface area contributed by atoms with Crippen LogP contribution in [0, 0.1) is 22.7 Å². The van der Waals surface area contributed by atoms with Gasteiger partial charge in [0.25, 0.3) is 5.56 Å². The van der Waals surface area contributed by atoms with E-state index in [1.807, 2.05) is 18.2 Å². The van der Waals surface area contributed by atoms with Crippen LogP contribution in [0.3, 0.4) is 0 Å². The third kappa shape index (κ3) is 2.97. The molecule has 102 valence electrons. The summed E-state index contributed by atoms with van der Waals surface area (Å²) in [5, 5.41) is 18.0. The van der Waals surface area contributed by atoms with Crippen LogP contribution in [0.5, 0.6) is 0 Å². The van der Waals surface area contributed by atoms with Crippen LogP contribution >= 0.6 is 11.3 Å². The standard InChI is InChI=1S/C15H10N4OS/c1-2-7-19-14(20)13(8-12-5-3-4-6-18-12)21-15(19)11(9-16)10-17/h2-6,8H,1,7H2. The van der Waals surface area contributed by atoms with E-state index in [9.17, 15) is 4.79 Å². The molecule has 0 N–H and O–H groups in total. The van der Waals surface area contributed by atoms with E-state index in [1.54, 1.807) is 30.5 Å². The van der Waals surface area contributed by atoms with E-state index in [2.05, 4.69) is 11.6 Å². The van der Waals surface area contributed by atoms with E-state index in [0.717, 1.165) is 11.3 Å². The first kappa shape index (κ1) is 14.4. The van der Waals surface area contributed by atoms with Crippen molar-refractivity contribution in [2.24, 2.45) is 0 Å². The maximum atomic E-state index is 12.4. The molecule has 0 atom stereocenters. The fourth-order valence-corrected chi connectivity index (χ4v) is 2.76. The number of rotatable bonds is 3. The number of aromatic nitrogens is 2. The number of nitriles is 2. The average Bonchev–Trinajstić information content (AvgIpc) is 2.80. The second kappa shape index (κ2) is 6.47. The number of thiazole rings is 1. The number of nitrogens with zero attached hydrogens (tertiary/aromatic N) is 4. The molecule has 2 heterocycles. The number of pyridine rings is 1. The van der Waals surface area contributed by atoms with Gasteiger partial charge in [0.1, 0.15) is 16.8 Å². The van der Waals surface area contributed by atoms with Gasteiger partial charge in [-0.25, -0.2) is 0 Å². The molecule has 0 aliphatic carbocycles. The van der Waals surface area contributed by atoms with Gasteiger partial charge in [0.2, 0.25) is 0 Å².